The minimum atomic E-state index is -5.17. The Morgan fingerprint density at radius 2 is 1.39 bits per heavy atom. The largest absolute Gasteiger partial charge is 1.00 e. The predicted molar refractivity (Wildman–Crippen MR) is 130 cm³/mol. The maximum atomic E-state index is 8.52. The maximum Gasteiger partial charge on any atom is 1.00 e. The molecule has 1 saturated carbocycles. The van der Waals surface area contributed by atoms with Crippen LogP contribution in [0.1, 0.15) is 31.4 Å². The molecular weight excluding hydrogens is 490 g/mol. The summed E-state index contributed by atoms with van der Waals surface area (Å²) in [5.74, 6) is 4.06. The minimum Gasteiger partial charge on any atom is -0.759 e. The molecule has 0 bridgehead atoms. The summed E-state index contributed by atoms with van der Waals surface area (Å²) in [5.41, 5.74) is 4.96. The third-order valence-electron chi connectivity index (χ3n) is 6.46. The number of pyridine rings is 1. The molecule has 2 aromatic carbocycles. The number of hydrogen-bond acceptors (Lipinski definition) is 9. The quantitative estimate of drug-likeness (QED) is 0.274. The average Bonchev–Trinajstić information content (AvgIpc) is 3.69. The fraction of sp³-hybridized carbons (Fsp3) is 0.400. The number of aryl methyl sites for hydroxylation is 1. The molecule has 1 fully saturated rings. The second-order valence-electron chi connectivity index (χ2n) is 8.47. The predicted octanol–water partition coefficient (Wildman–Crippen LogP) is 3.05. The lowest BCUT2D eigenvalue weighted by atomic mass is 9.92. The highest BCUT2D eigenvalue weighted by Gasteiger charge is 2.39. The first-order chi connectivity index (χ1) is 17.1. The topological polar surface area (TPSA) is 130 Å². The van der Waals surface area contributed by atoms with Gasteiger partial charge in [0.15, 0.2) is 35.2 Å². The zero-order valence-electron chi connectivity index (χ0n) is 21.7. The van der Waals surface area contributed by atoms with Crippen molar-refractivity contribution in [2.24, 2.45) is 0 Å². The van der Waals surface area contributed by atoms with E-state index in [1.54, 1.807) is 35.5 Å². The standard InChI is InChI=1S/C25H28NO5.H2O4S/c1-27-20-10-15-8-9-26-19(16(15)12-21(20)28-2)11-18-17(23(26)14-6-7-14)13-22(29-3)25(31-5)24(18)30-4;1-5(2,3)4/h10-14H,6-9H2,1-5H3;(H2,1,2,3,4)/q+1;/p-1. The van der Waals surface area contributed by atoms with Gasteiger partial charge in [0.25, 0.3) is 0 Å². The molecule has 1 aromatic heterocycles. The van der Waals surface area contributed by atoms with Gasteiger partial charge in [0.2, 0.25) is 11.4 Å². The molecule has 194 valence electrons. The van der Waals surface area contributed by atoms with E-state index in [2.05, 4.69) is 28.8 Å². The fourth-order valence-corrected chi connectivity index (χ4v) is 4.88. The van der Waals surface area contributed by atoms with Crippen LogP contribution in [0.5, 0.6) is 28.7 Å². The molecule has 0 saturated heterocycles. The zero-order valence-corrected chi connectivity index (χ0v) is 21.6. The first kappa shape index (κ1) is 25.8. The smallest absolute Gasteiger partial charge is 0.759 e. The van der Waals surface area contributed by atoms with E-state index in [-0.39, 0.29) is 1.43 Å². The summed E-state index contributed by atoms with van der Waals surface area (Å²) in [7, 11) is 3.19. The molecule has 10 nitrogen and oxygen atoms in total. The van der Waals surface area contributed by atoms with Gasteiger partial charge in [-0.05, 0) is 36.6 Å². The summed E-state index contributed by atoms with van der Waals surface area (Å²) >= 11 is 0. The van der Waals surface area contributed by atoms with Gasteiger partial charge in [-0.25, -0.2) is 0 Å². The van der Waals surface area contributed by atoms with E-state index in [1.165, 1.54) is 40.7 Å². The number of hydrogen-bond donors (Lipinski definition) is 0. The van der Waals surface area contributed by atoms with Crippen LogP contribution < -0.4 is 28.3 Å². The van der Waals surface area contributed by atoms with Gasteiger partial charge in [0, 0.05) is 34.2 Å². The van der Waals surface area contributed by atoms with Crippen LogP contribution >= 0.6 is 0 Å². The second kappa shape index (κ2) is 10.00. The lowest BCUT2D eigenvalue weighted by molar-refractivity contribution is -0.693. The Labute approximate surface area is 211 Å². The summed E-state index contributed by atoms with van der Waals surface area (Å²) in [6, 6.07) is 8.51. The van der Waals surface area contributed by atoms with Crippen molar-refractivity contribution in [3.63, 3.8) is 0 Å². The molecule has 1 aliphatic heterocycles. The van der Waals surface area contributed by atoms with E-state index in [1.807, 2.05) is 0 Å². The van der Waals surface area contributed by atoms with E-state index in [0.717, 1.165) is 29.9 Å². The molecule has 0 N–H and O–H groups in total. The van der Waals surface area contributed by atoms with Crippen LogP contribution in [0.15, 0.2) is 24.3 Å². The molecule has 3 aromatic rings. The summed E-state index contributed by atoms with van der Waals surface area (Å²) in [6.45, 7) is 0.927. The first-order valence-electron chi connectivity index (χ1n) is 11.3. The molecule has 0 amide bonds. The number of benzene rings is 2. The molecule has 5 rings (SSSR count). The van der Waals surface area contributed by atoms with Crippen molar-refractivity contribution in [1.82, 2.24) is 0 Å². The lowest BCUT2D eigenvalue weighted by Gasteiger charge is -2.22. The van der Waals surface area contributed by atoms with Gasteiger partial charge in [-0.1, -0.05) is 0 Å². The molecule has 2 heterocycles. The number of fused-ring (bicyclic) bond motifs is 4. The van der Waals surface area contributed by atoms with Gasteiger partial charge in [-0.2, -0.15) is 4.57 Å². The fourth-order valence-electron chi connectivity index (χ4n) is 4.88. The molecular formula is C25H29NO9S. The number of aromatic nitrogens is 1. The highest BCUT2D eigenvalue weighted by molar-refractivity contribution is 7.79. The SMILES string of the molecule is COc1cc2c(cc1OC)-c1cc3c(OC)c(OC)c(OC)cc3c(C3CC3)[n+]1CC2.O=S(=O)([O-])[O-].[H+]. The highest BCUT2D eigenvalue weighted by atomic mass is 32.3. The van der Waals surface area contributed by atoms with E-state index >= 15 is 0 Å². The summed E-state index contributed by atoms with van der Waals surface area (Å²) < 4.78 is 64.9. The lowest BCUT2D eigenvalue weighted by Crippen LogP contribution is -2.44. The van der Waals surface area contributed by atoms with Crippen molar-refractivity contribution < 1.29 is 47.2 Å². The van der Waals surface area contributed by atoms with Gasteiger partial charge in [-0.15, -0.1) is 0 Å². The van der Waals surface area contributed by atoms with E-state index in [9.17, 15) is 0 Å². The number of nitrogens with zero attached hydrogens (tertiary/aromatic N) is 1. The molecule has 36 heavy (non-hydrogen) atoms. The normalized spacial score (nSPS) is 14.2. The zero-order chi connectivity index (χ0) is 26.2. The Bertz CT molecular complexity index is 1410. The third kappa shape index (κ3) is 4.86. The minimum absolute atomic E-state index is 0. The Morgan fingerprint density at radius 3 is 1.92 bits per heavy atom. The van der Waals surface area contributed by atoms with Crippen molar-refractivity contribution in [3.05, 3.63) is 35.5 Å². The monoisotopic (exact) mass is 519 g/mol. The van der Waals surface area contributed by atoms with E-state index in [0.29, 0.717) is 23.2 Å². The molecule has 0 radical (unpaired) electrons. The van der Waals surface area contributed by atoms with E-state index in [4.69, 9.17) is 41.2 Å². The van der Waals surface area contributed by atoms with Crippen molar-refractivity contribution in [2.45, 2.75) is 31.7 Å². The average molecular weight is 520 g/mol. The second-order valence-corrected chi connectivity index (χ2v) is 9.29. The Hall–Kier alpha value is -3.28. The van der Waals surface area contributed by atoms with Gasteiger partial charge in [0.05, 0.1) is 46.5 Å². The summed E-state index contributed by atoms with van der Waals surface area (Å²) in [6.07, 6.45) is 3.35. The summed E-state index contributed by atoms with van der Waals surface area (Å²) in [5, 5.41) is 2.21. The van der Waals surface area contributed by atoms with Crippen molar-refractivity contribution >= 4 is 21.2 Å². The molecule has 0 atom stereocenters. The third-order valence-corrected chi connectivity index (χ3v) is 6.46. The van der Waals surface area contributed by atoms with Crippen LogP contribution in [0.2, 0.25) is 0 Å². The van der Waals surface area contributed by atoms with Gasteiger partial charge in [-0.3, -0.25) is 8.42 Å². The molecule has 2 aliphatic rings. The van der Waals surface area contributed by atoms with Crippen LogP contribution in [0.4, 0.5) is 0 Å². The van der Waals surface area contributed by atoms with Crippen LogP contribution in [0.3, 0.4) is 0 Å². The summed E-state index contributed by atoms with van der Waals surface area (Å²) in [4.78, 5) is 0. The van der Waals surface area contributed by atoms with Gasteiger partial charge >= 0.3 is 1.43 Å². The number of methoxy groups -OCH3 is 5. The van der Waals surface area contributed by atoms with Gasteiger partial charge in [0.1, 0.15) is 0 Å². The number of ether oxygens (including phenoxy) is 5. The van der Waals surface area contributed by atoms with Crippen LogP contribution in [-0.2, 0) is 23.4 Å². The highest BCUT2D eigenvalue weighted by Crippen LogP contribution is 2.50. The maximum absolute atomic E-state index is 8.52. The van der Waals surface area contributed by atoms with Crippen LogP contribution in [0.25, 0.3) is 22.0 Å². The molecule has 11 heteroatoms. The Kier molecular flexibility index (Phi) is 7.17. The first-order valence-corrected chi connectivity index (χ1v) is 12.6. The van der Waals surface area contributed by atoms with Crippen molar-refractivity contribution in [2.75, 3.05) is 35.5 Å². The van der Waals surface area contributed by atoms with Crippen molar-refractivity contribution in [1.29, 1.82) is 0 Å². The van der Waals surface area contributed by atoms with Crippen LogP contribution in [0, 0.1) is 0 Å². The van der Waals surface area contributed by atoms with Crippen molar-refractivity contribution in [3.8, 4) is 40.0 Å². The Balaban J connectivity index is 0.000000581. The number of rotatable bonds is 6. The van der Waals surface area contributed by atoms with Crippen LogP contribution in [-0.4, -0.2) is 53.1 Å². The van der Waals surface area contributed by atoms with Gasteiger partial charge < -0.3 is 32.8 Å². The molecule has 0 unspecified atom stereocenters. The molecule has 0 spiro atoms. The van der Waals surface area contributed by atoms with E-state index < -0.39 is 10.4 Å². The molecule has 1 aliphatic carbocycles. The Morgan fingerprint density at radius 1 is 0.806 bits per heavy atom.